The summed E-state index contributed by atoms with van der Waals surface area (Å²) in [5, 5.41) is 21.1. The van der Waals surface area contributed by atoms with Gasteiger partial charge in [0, 0.05) is 24.9 Å². The SMILES string of the molecule is C=CCn1c(O)c(C=Nc2cc([N+](=O)[O-])ccc2OC)c(=O)[nH]c1=S. The Bertz CT molecular complexity index is 977. The highest BCUT2D eigenvalue weighted by Gasteiger charge is 2.13. The van der Waals surface area contributed by atoms with Crippen LogP contribution in [0.5, 0.6) is 11.6 Å². The lowest BCUT2D eigenvalue weighted by Gasteiger charge is -2.08. The molecule has 130 valence electrons. The van der Waals surface area contributed by atoms with E-state index in [4.69, 9.17) is 17.0 Å². The molecule has 0 fully saturated rings. The lowest BCUT2D eigenvalue weighted by atomic mass is 10.2. The van der Waals surface area contributed by atoms with E-state index in [9.17, 15) is 20.0 Å². The number of aromatic hydroxyl groups is 1. The molecule has 0 unspecified atom stereocenters. The summed E-state index contributed by atoms with van der Waals surface area (Å²) in [5.74, 6) is -0.113. The Morgan fingerprint density at radius 2 is 2.28 bits per heavy atom. The summed E-state index contributed by atoms with van der Waals surface area (Å²) in [4.78, 5) is 28.8. The number of aromatic nitrogens is 2. The molecule has 2 rings (SSSR count). The number of H-pyrrole nitrogens is 1. The fourth-order valence-corrected chi connectivity index (χ4v) is 2.27. The van der Waals surface area contributed by atoms with Crippen LogP contribution in [0.4, 0.5) is 11.4 Å². The third-order valence-corrected chi connectivity index (χ3v) is 3.55. The van der Waals surface area contributed by atoms with Crippen molar-refractivity contribution >= 4 is 29.8 Å². The highest BCUT2D eigenvalue weighted by Crippen LogP contribution is 2.31. The Labute approximate surface area is 146 Å². The van der Waals surface area contributed by atoms with Crippen molar-refractivity contribution in [3.63, 3.8) is 0 Å². The molecule has 25 heavy (non-hydrogen) atoms. The zero-order valence-corrected chi connectivity index (χ0v) is 13.9. The van der Waals surface area contributed by atoms with E-state index in [1.165, 1.54) is 36.0 Å². The van der Waals surface area contributed by atoms with Gasteiger partial charge in [0.1, 0.15) is 17.0 Å². The first-order valence-corrected chi connectivity index (χ1v) is 7.33. The summed E-state index contributed by atoms with van der Waals surface area (Å²) in [6.07, 6.45) is 2.59. The molecule has 1 aromatic carbocycles. The molecule has 0 atom stereocenters. The van der Waals surface area contributed by atoms with Crippen LogP contribution in [-0.2, 0) is 6.54 Å². The van der Waals surface area contributed by atoms with Gasteiger partial charge in [-0.25, -0.2) is 0 Å². The van der Waals surface area contributed by atoms with E-state index in [-0.39, 0.29) is 39.9 Å². The molecule has 9 nitrogen and oxygen atoms in total. The van der Waals surface area contributed by atoms with Crippen LogP contribution in [0.15, 0.2) is 40.6 Å². The van der Waals surface area contributed by atoms with E-state index in [0.29, 0.717) is 0 Å². The zero-order chi connectivity index (χ0) is 18.6. The third kappa shape index (κ3) is 3.80. The van der Waals surface area contributed by atoms with Crippen LogP contribution in [0.3, 0.4) is 0 Å². The van der Waals surface area contributed by atoms with Crippen molar-refractivity contribution in [2.75, 3.05) is 7.11 Å². The third-order valence-electron chi connectivity index (χ3n) is 3.22. The highest BCUT2D eigenvalue weighted by atomic mass is 32.1. The lowest BCUT2D eigenvalue weighted by Crippen LogP contribution is -2.18. The Balaban J connectivity index is 2.56. The molecule has 1 aromatic heterocycles. The van der Waals surface area contributed by atoms with Gasteiger partial charge in [-0.15, -0.1) is 6.58 Å². The van der Waals surface area contributed by atoms with E-state index in [1.807, 2.05) is 0 Å². The van der Waals surface area contributed by atoms with Gasteiger partial charge in [0.2, 0.25) is 5.88 Å². The maximum absolute atomic E-state index is 12.0. The van der Waals surface area contributed by atoms with Crippen LogP contribution >= 0.6 is 12.2 Å². The molecular formula is C15H14N4O5S. The van der Waals surface area contributed by atoms with Gasteiger partial charge in [-0.2, -0.15) is 0 Å². The summed E-state index contributed by atoms with van der Waals surface area (Å²) >= 11 is 4.98. The predicted molar refractivity (Wildman–Crippen MR) is 94.7 cm³/mol. The standard InChI is InChI=1S/C15H14N4O5S/c1-3-6-18-14(21)10(13(20)17-15(18)25)8-16-11-7-9(19(22)23)4-5-12(11)24-2/h3-5,7-8,21H,1,6H2,2H3,(H,17,20,25). The Hall–Kier alpha value is -3.27. The van der Waals surface area contributed by atoms with Gasteiger partial charge in [-0.1, -0.05) is 6.08 Å². The number of methoxy groups -OCH3 is 1. The van der Waals surface area contributed by atoms with Crippen molar-refractivity contribution in [1.82, 2.24) is 9.55 Å². The lowest BCUT2D eigenvalue weighted by molar-refractivity contribution is -0.384. The quantitative estimate of drug-likeness (QED) is 0.267. The summed E-state index contributed by atoms with van der Waals surface area (Å²) in [5.41, 5.74) is -0.845. The number of benzene rings is 1. The maximum atomic E-state index is 12.0. The summed E-state index contributed by atoms with van der Waals surface area (Å²) < 4.78 is 6.38. The number of hydrogen-bond acceptors (Lipinski definition) is 7. The van der Waals surface area contributed by atoms with Crippen LogP contribution in [0.1, 0.15) is 5.56 Å². The first-order chi connectivity index (χ1) is 11.9. The minimum atomic E-state index is -0.643. The second-order valence-corrected chi connectivity index (χ2v) is 5.15. The van der Waals surface area contributed by atoms with E-state index >= 15 is 0 Å². The molecule has 1 heterocycles. The van der Waals surface area contributed by atoms with Crippen molar-refractivity contribution in [2.45, 2.75) is 6.54 Å². The number of rotatable bonds is 6. The van der Waals surface area contributed by atoms with Crippen molar-refractivity contribution in [3.05, 3.63) is 61.7 Å². The van der Waals surface area contributed by atoms with Crippen LogP contribution < -0.4 is 10.3 Å². The van der Waals surface area contributed by atoms with Gasteiger partial charge in [-0.05, 0) is 18.3 Å². The largest absolute Gasteiger partial charge is 0.494 e. The summed E-state index contributed by atoms with van der Waals surface area (Å²) in [7, 11) is 1.38. The smallest absolute Gasteiger partial charge is 0.271 e. The zero-order valence-electron chi connectivity index (χ0n) is 13.1. The molecule has 0 saturated carbocycles. The van der Waals surface area contributed by atoms with E-state index in [0.717, 1.165) is 6.21 Å². The monoisotopic (exact) mass is 362 g/mol. The van der Waals surface area contributed by atoms with Gasteiger partial charge < -0.3 is 9.84 Å². The molecule has 2 N–H and O–H groups in total. The highest BCUT2D eigenvalue weighted by molar-refractivity contribution is 7.71. The van der Waals surface area contributed by atoms with Crippen molar-refractivity contribution in [2.24, 2.45) is 4.99 Å². The Morgan fingerprint density at radius 3 is 2.88 bits per heavy atom. The molecule has 0 aliphatic rings. The minimum Gasteiger partial charge on any atom is -0.494 e. The number of allylic oxidation sites excluding steroid dienone is 1. The predicted octanol–water partition coefficient (Wildman–Crippen LogP) is 2.46. The van der Waals surface area contributed by atoms with Gasteiger partial charge in [0.25, 0.3) is 11.2 Å². The molecular weight excluding hydrogens is 348 g/mol. The van der Waals surface area contributed by atoms with E-state index in [1.54, 1.807) is 0 Å². The summed E-state index contributed by atoms with van der Waals surface area (Å²) in [6, 6.07) is 3.85. The van der Waals surface area contributed by atoms with Crippen molar-refractivity contribution in [3.8, 4) is 11.6 Å². The number of ether oxygens (including phenoxy) is 1. The Kier molecular flexibility index (Phi) is 5.45. The number of aromatic amines is 1. The second kappa shape index (κ2) is 7.53. The first-order valence-electron chi connectivity index (χ1n) is 6.92. The maximum Gasteiger partial charge on any atom is 0.271 e. The normalized spacial score (nSPS) is 10.8. The molecule has 0 bridgehead atoms. The van der Waals surface area contributed by atoms with Gasteiger partial charge in [0.05, 0.1) is 12.0 Å². The molecule has 0 aliphatic carbocycles. The molecule has 0 radical (unpaired) electrons. The molecule has 0 aliphatic heterocycles. The van der Waals surface area contributed by atoms with Crippen molar-refractivity contribution < 1.29 is 14.8 Å². The first kappa shape index (κ1) is 18.1. The molecule has 0 amide bonds. The number of nitrogens with zero attached hydrogens (tertiary/aromatic N) is 3. The number of aliphatic imine (C=N–C) groups is 1. The number of nitro benzene ring substituents is 1. The fourth-order valence-electron chi connectivity index (χ4n) is 2.02. The molecule has 0 spiro atoms. The van der Waals surface area contributed by atoms with Crippen LogP contribution in [-0.4, -0.2) is 32.9 Å². The number of non-ortho nitro benzene ring substituents is 1. The van der Waals surface area contributed by atoms with Crippen LogP contribution in [0, 0.1) is 14.9 Å². The summed E-state index contributed by atoms with van der Waals surface area (Å²) in [6.45, 7) is 3.73. The average molecular weight is 362 g/mol. The van der Waals surface area contributed by atoms with Gasteiger partial charge >= 0.3 is 0 Å². The fraction of sp³-hybridized carbons (Fsp3) is 0.133. The Morgan fingerprint density at radius 1 is 1.56 bits per heavy atom. The van der Waals surface area contributed by atoms with Crippen molar-refractivity contribution in [1.29, 1.82) is 0 Å². The number of hydrogen-bond donors (Lipinski definition) is 2. The number of nitro groups is 1. The van der Waals surface area contributed by atoms with Gasteiger partial charge in [0.15, 0.2) is 4.77 Å². The molecule has 2 aromatic rings. The van der Waals surface area contributed by atoms with E-state index in [2.05, 4.69) is 16.6 Å². The van der Waals surface area contributed by atoms with E-state index < -0.39 is 10.5 Å². The van der Waals surface area contributed by atoms with Crippen LogP contribution in [0.2, 0.25) is 0 Å². The number of nitrogens with one attached hydrogen (secondary N) is 1. The minimum absolute atomic E-state index is 0.0347. The molecule has 0 saturated heterocycles. The van der Waals surface area contributed by atoms with Crippen LogP contribution in [0.25, 0.3) is 0 Å². The average Bonchev–Trinajstić information content (AvgIpc) is 2.58. The van der Waals surface area contributed by atoms with Gasteiger partial charge in [-0.3, -0.25) is 29.5 Å². The topological polar surface area (TPSA) is 123 Å². The second-order valence-electron chi connectivity index (χ2n) is 4.77. The molecule has 10 heteroatoms.